The molecule has 0 radical (unpaired) electrons. The molecular formula is C22H33N3O3. The van der Waals surface area contributed by atoms with Crippen LogP contribution in [-0.4, -0.2) is 72.7 Å². The Kier molecular flexibility index (Phi) is 6.16. The van der Waals surface area contributed by atoms with Gasteiger partial charge in [-0.15, -0.1) is 0 Å². The molecule has 1 aromatic rings. The van der Waals surface area contributed by atoms with Crippen molar-refractivity contribution in [1.29, 1.82) is 0 Å². The molecule has 28 heavy (non-hydrogen) atoms. The second-order valence-corrected chi connectivity index (χ2v) is 8.61. The van der Waals surface area contributed by atoms with Crippen LogP contribution in [0.15, 0.2) is 18.3 Å². The fourth-order valence-electron chi connectivity index (χ4n) is 4.94. The molecule has 3 fully saturated rings. The molecule has 3 aliphatic heterocycles. The highest BCUT2D eigenvalue weighted by Crippen LogP contribution is 2.35. The molecular weight excluding hydrogens is 354 g/mol. The van der Waals surface area contributed by atoms with E-state index in [4.69, 9.17) is 9.47 Å². The van der Waals surface area contributed by atoms with Crippen LogP contribution < -0.4 is 4.74 Å². The van der Waals surface area contributed by atoms with Gasteiger partial charge in [0.15, 0.2) is 0 Å². The van der Waals surface area contributed by atoms with E-state index in [1.807, 2.05) is 4.90 Å². The molecule has 154 valence electrons. The molecule has 1 aromatic heterocycles. The number of hydrogen-bond acceptors (Lipinski definition) is 5. The van der Waals surface area contributed by atoms with Crippen LogP contribution in [0.2, 0.25) is 0 Å². The maximum atomic E-state index is 12.7. The topological polar surface area (TPSA) is 54.9 Å². The predicted octanol–water partition coefficient (Wildman–Crippen LogP) is 2.98. The molecule has 0 unspecified atom stereocenters. The van der Waals surface area contributed by atoms with Crippen LogP contribution in [0.4, 0.5) is 0 Å². The van der Waals surface area contributed by atoms with Crippen LogP contribution >= 0.6 is 0 Å². The fourth-order valence-corrected chi connectivity index (χ4v) is 4.94. The number of methoxy groups -OCH3 is 1. The zero-order chi connectivity index (χ0) is 19.4. The highest BCUT2D eigenvalue weighted by Gasteiger charge is 2.37. The summed E-state index contributed by atoms with van der Waals surface area (Å²) in [5.74, 6) is 1.32. The summed E-state index contributed by atoms with van der Waals surface area (Å²) in [4.78, 5) is 21.4. The van der Waals surface area contributed by atoms with Gasteiger partial charge in [0.1, 0.15) is 0 Å². The lowest BCUT2D eigenvalue weighted by molar-refractivity contribution is -0.112. The highest BCUT2D eigenvalue weighted by atomic mass is 16.5. The molecule has 6 nitrogen and oxygen atoms in total. The minimum Gasteiger partial charge on any atom is -0.481 e. The van der Waals surface area contributed by atoms with E-state index < -0.39 is 0 Å². The average molecular weight is 388 g/mol. The van der Waals surface area contributed by atoms with Crippen molar-refractivity contribution in [3.63, 3.8) is 0 Å². The molecule has 4 rings (SSSR count). The lowest BCUT2D eigenvalue weighted by atomic mass is 9.84. The van der Waals surface area contributed by atoms with Crippen LogP contribution in [-0.2, 0) is 4.74 Å². The number of carbonyl (C=O) groups is 1. The molecule has 4 heterocycles. The minimum atomic E-state index is 0.0861. The number of nitrogens with zero attached hydrogens (tertiary/aromatic N) is 3. The Labute approximate surface area is 168 Å². The van der Waals surface area contributed by atoms with E-state index in [2.05, 4.69) is 9.88 Å². The summed E-state index contributed by atoms with van der Waals surface area (Å²) >= 11 is 0. The predicted molar refractivity (Wildman–Crippen MR) is 108 cm³/mol. The van der Waals surface area contributed by atoms with Gasteiger partial charge < -0.3 is 19.3 Å². The molecule has 3 aliphatic rings. The van der Waals surface area contributed by atoms with E-state index in [0.717, 1.165) is 45.6 Å². The number of aromatic nitrogens is 1. The van der Waals surface area contributed by atoms with Crippen LogP contribution in [0.1, 0.15) is 55.3 Å². The summed E-state index contributed by atoms with van der Waals surface area (Å²) in [5, 5.41) is 0. The van der Waals surface area contributed by atoms with Gasteiger partial charge in [-0.25, -0.2) is 4.98 Å². The number of ether oxygens (including phenoxy) is 2. The zero-order valence-corrected chi connectivity index (χ0v) is 17.1. The maximum Gasteiger partial charge on any atom is 0.255 e. The van der Waals surface area contributed by atoms with Gasteiger partial charge in [0, 0.05) is 51.6 Å². The Morgan fingerprint density at radius 3 is 2.57 bits per heavy atom. The van der Waals surface area contributed by atoms with Gasteiger partial charge in [0.05, 0.1) is 18.3 Å². The minimum absolute atomic E-state index is 0.0861. The van der Waals surface area contributed by atoms with Crippen molar-refractivity contribution in [1.82, 2.24) is 14.8 Å². The number of amides is 1. The van der Waals surface area contributed by atoms with E-state index in [9.17, 15) is 4.79 Å². The molecule has 0 N–H and O–H groups in total. The monoisotopic (exact) mass is 387 g/mol. The summed E-state index contributed by atoms with van der Waals surface area (Å²) in [6, 6.07) is 3.55. The number of hydrogen-bond donors (Lipinski definition) is 0. The zero-order valence-electron chi connectivity index (χ0n) is 17.1. The summed E-state index contributed by atoms with van der Waals surface area (Å²) in [6.45, 7) is 6.14. The van der Waals surface area contributed by atoms with Gasteiger partial charge in [-0.2, -0.15) is 0 Å². The summed E-state index contributed by atoms with van der Waals surface area (Å²) in [6.07, 6.45) is 9.99. The lowest BCUT2D eigenvalue weighted by Crippen LogP contribution is -2.49. The average Bonchev–Trinajstić information content (AvgIpc) is 2.76. The van der Waals surface area contributed by atoms with E-state index >= 15 is 0 Å². The van der Waals surface area contributed by atoms with E-state index in [-0.39, 0.29) is 11.5 Å². The summed E-state index contributed by atoms with van der Waals surface area (Å²) < 4.78 is 11.2. The quantitative estimate of drug-likeness (QED) is 0.795. The third-order valence-corrected chi connectivity index (χ3v) is 6.81. The summed E-state index contributed by atoms with van der Waals surface area (Å²) in [7, 11) is 1.58. The molecule has 0 aliphatic carbocycles. The van der Waals surface area contributed by atoms with Crippen LogP contribution in [0, 0.1) is 5.92 Å². The Morgan fingerprint density at radius 2 is 1.96 bits per heavy atom. The number of pyridine rings is 1. The lowest BCUT2D eigenvalue weighted by Gasteiger charge is -2.45. The molecule has 6 heteroatoms. The van der Waals surface area contributed by atoms with Crippen molar-refractivity contribution >= 4 is 5.91 Å². The molecule has 3 saturated heterocycles. The van der Waals surface area contributed by atoms with Gasteiger partial charge in [0.25, 0.3) is 5.91 Å². The maximum absolute atomic E-state index is 12.7. The molecule has 0 saturated carbocycles. The van der Waals surface area contributed by atoms with Gasteiger partial charge in [-0.05, 0) is 56.9 Å². The van der Waals surface area contributed by atoms with Crippen LogP contribution in [0.5, 0.6) is 5.88 Å². The Morgan fingerprint density at radius 1 is 1.18 bits per heavy atom. The fraction of sp³-hybridized carbons (Fsp3) is 0.727. The normalized spacial score (nSPS) is 23.7. The van der Waals surface area contributed by atoms with Crippen molar-refractivity contribution in [3.05, 3.63) is 23.9 Å². The van der Waals surface area contributed by atoms with Gasteiger partial charge in [-0.3, -0.25) is 4.79 Å². The highest BCUT2D eigenvalue weighted by molar-refractivity contribution is 5.94. The van der Waals surface area contributed by atoms with Crippen molar-refractivity contribution < 1.29 is 14.3 Å². The van der Waals surface area contributed by atoms with E-state index in [1.165, 1.54) is 38.6 Å². The standard InChI is InChI=1S/C22H33N3O3/c1-27-20-5-4-19(16-23-20)21(26)25-11-6-18(7-12-25)17-24-13-9-22(10-14-24)8-2-3-15-28-22/h4-5,16,18H,2-3,6-15,17H2,1H3. The molecule has 0 atom stereocenters. The van der Waals surface area contributed by atoms with Crippen molar-refractivity contribution in [2.24, 2.45) is 5.92 Å². The number of likely N-dealkylation sites (tertiary alicyclic amines) is 2. The van der Waals surface area contributed by atoms with Gasteiger partial charge in [-0.1, -0.05) is 0 Å². The second-order valence-electron chi connectivity index (χ2n) is 8.61. The van der Waals surface area contributed by atoms with Crippen molar-refractivity contribution in [2.75, 3.05) is 46.4 Å². The van der Waals surface area contributed by atoms with Gasteiger partial charge in [0.2, 0.25) is 5.88 Å². The summed E-state index contributed by atoms with van der Waals surface area (Å²) in [5.41, 5.74) is 0.838. The Hall–Kier alpha value is -1.66. The first-order valence-electron chi connectivity index (χ1n) is 10.8. The molecule has 1 amide bonds. The van der Waals surface area contributed by atoms with Crippen molar-refractivity contribution in [3.8, 4) is 5.88 Å². The van der Waals surface area contributed by atoms with Crippen molar-refractivity contribution in [2.45, 2.75) is 50.5 Å². The number of rotatable bonds is 4. The molecule has 0 bridgehead atoms. The van der Waals surface area contributed by atoms with Crippen LogP contribution in [0.25, 0.3) is 0 Å². The number of piperidine rings is 2. The smallest absolute Gasteiger partial charge is 0.255 e. The first kappa shape index (κ1) is 19.6. The third kappa shape index (κ3) is 4.49. The number of carbonyl (C=O) groups excluding carboxylic acids is 1. The third-order valence-electron chi connectivity index (χ3n) is 6.81. The van der Waals surface area contributed by atoms with Gasteiger partial charge >= 0.3 is 0 Å². The second kappa shape index (κ2) is 8.78. The van der Waals surface area contributed by atoms with E-state index in [1.54, 1.807) is 25.4 Å². The SMILES string of the molecule is COc1ccc(C(=O)N2CCC(CN3CCC4(CCCCO4)CC3)CC2)cn1. The van der Waals surface area contributed by atoms with E-state index in [0.29, 0.717) is 17.4 Å². The Balaban J connectivity index is 1.21. The van der Waals surface area contributed by atoms with Crippen LogP contribution in [0.3, 0.4) is 0 Å². The Bertz CT molecular complexity index is 639. The first-order chi connectivity index (χ1) is 13.7. The first-order valence-corrected chi connectivity index (χ1v) is 10.8. The largest absolute Gasteiger partial charge is 0.481 e. The molecule has 0 aromatic carbocycles. The molecule has 1 spiro atoms.